The largest absolute Gasteiger partial charge is 0.402 e. The van der Waals surface area contributed by atoms with Gasteiger partial charge in [0, 0.05) is 17.9 Å². The molecule has 2 heterocycles. The third-order valence-electron chi connectivity index (χ3n) is 5.21. The molecule has 0 bridgehead atoms. The van der Waals surface area contributed by atoms with Gasteiger partial charge in [-0.2, -0.15) is 0 Å². The molecule has 162 valence electrons. The van der Waals surface area contributed by atoms with Gasteiger partial charge < -0.3 is 4.74 Å². The number of rotatable bonds is 4. The van der Waals surface area contributed by atoms with Crippen molar-refractivity contribution in [1.29, 1.82) is 0 Å². The number of amides is 1. The van der Waals surface area contributed by atoms with Gasteiger partial charge in [0.2, 0.25) is 11.8 Å². The maximum Gasteiger partial charge on any atom is 0.363 e. The van der Waals surface area contributed by atoms with E-state index in [1.807, 2.05) is 64.1 Å². The van der Waals surface area contributed by atoms with E-state index in [-0.39, 0.29) is 17.5 Å². The van der Waals surface area contributed by atoms with E-state index in [0.717, 1.165) is 33.5 Å². The Hall–Kier alpha value is -3.58. The zero-order valence-corrected chi connectivity index (χ0v) is 19.4. The van der Waals surface area contributed by atoms with Crippen LogP contribution < -0.4 is 4.90 Å². The molecule has 0 radical (unpaired) electrons. The van der Waals surface area contributed by atoms with Gasteiger partial charge in [-0.1, -0.05) is 29.3 Å². The summed E-state index contributed by atoms with van der Waals surface area (Å²) in [6.07, 6.45) is 1.58. The van der Waals surface area contributed by atoms with Crippen LogP contribution in [0.3, 0.4) is 0 Å². The average molecular weight is 446 g/mol. The van der Waals surface area contributed by atoms with Crippen LogP contribution >= 0.6 is 11.3 Å². The van der Waals surface area contributed by atoms with E-state index in [0.29, 0.717) is 10.8 Å². The van der Waals surface area contributed by atoms with Crippen LogP contribution in [-0.4, -0.2) is 22.8 Å². The summed E-state index contributed by atoms with van der Waals surface area (Å²) in [7, 11) is 0. The first-order valence-corrected chi connectivity index (χ1v) is 11.0. The van der Waals surface area contributed by atoms with Gasteiger partial charge in [0.25, 0.3) is 0 Å². The van der Waals surface area contributed by atoms with E-state index in [1.165, 1.54) is 18.3 Å². The maximum atomic E-state index is 12.5. The number of cyclic esters (lactones) is 1. The fourth-order valence-corrected chi connectivity index (χ4v) is 4.44. The number of carbonyl (C=O) groups excluding carboxylic acids is 2. The number of aromatic nitrogens is 1. The van der Waals surface area contributed by atoms with Crippen molar-refractivity contribution in [1.82, 2.24) is 4.98 Å². The predicted molar refractivity (Wildman–Crippen MR) is 127 cm³/mol. The lowest BCUT2D eigenvalue weighted by Crippen LogP contribution is -2.23. The molecule has 1 aliphatic rings. The number of benzene rings is 2. The summed E-state index contributed by atoms with van der Waals surface area (Å²) >= 11 is 1.33. The van der Waals surface area contributed by atoms with Crippen molar-refractivity contribution in [2.75, 3.05) is 4.90 Å². The lowest BCUT2D eigenvalue weighted by molar-refractivity contribution is -0.130. The smallest absolute Gasteiger partial charge is 0.363 e. The Kier molecular flexibility index (Phi) is 5.76. The van der Waals surface area contributed by atoms with Gasteiger partial charge in [-0.3, -0.25) is 9.69 Å². The third-order valence-corrected chi connectivity index (χ3v) is 6.05. The fraction of sp³-hybridized carbons (Fsp3) is 0.200. The van der Waals surface area contributed by atoms with Crippen molar-refractivity contribution in [2.24, 2.45) is 4.99 Å². The molecule has 0 N–H and O–H groups in total. The number of ether oxygens (including phenoxy) is 1. The average Bonchev–Trinajstić information content (AvgIpc) is 3.32. The number of thiazole rings is 1. The second kappa shape index (κ2) is 8.51. The molecule has 6 nitrogen and oxygen atoms in total. The summed E-state index contributed by atoms with van der Waals surface area (Å²) in [6.45, 7) is 9.47. The van der Waals surface area contributed by atoms with Crippen LogP contribution in [0.1, 0.15) is 40.4 Å². The van der Waals surface area contributed by atoms with Crippen LogP contribution in [0.25, 0.3) is 6.08 Å². The molecule has 1 aliphatic heterocycles. The topological polar surface area (TPSA) is 71.9 Å². The van der Waals surface area contributed by atoms with Crippen LogP contribution in [0.5, 0.6) is 0 Å². The Morgan fingerprint density at radius 3 is 2.50 bits per heavy atom. The van der Waals surface area contributed by atoms with Crippen LogP contribution in [0.2, 0.25) is 0 Å². The van der Waals surface area contributed by atoms with Gasteiger partial charge >= 0.3 is 5.97 Å². The van der Waals surface area contributed by atoms with E-state index in [2.05, 4.69) is 9.98 Å². The van der Waals surface area contributed by atoms with Gasteiger partial charge in [0.05, 0.1) is 11.4 Å². The van der Waals surface area contributed by atoms with E-state index >= 15 is 0 Å². The molecule has 4 rings (SSSR count). The number of carbonyl (C=O) groups is 2. The normalized spacial score (nSPS) is 14.5. The van der Waals surface area contributed by atoms with Crippen molar-refractivity contribution in [3.8, 4) is 0 Å². The lowest BCUT2D eigenvalue weighted by atomic mass is 10.1. The van der Waals surface area contributed by atoms with Crippen LogP contribution in [0, 0.1) is 27.7 Å². The molecule has 32 heavy (non-hydrogen) atoms. The Balaban J connectivity index is 1.67. The third kappa shape index (κ3) is 4.24. The monoisotopic (exact) mass is 445 g/mol. The summed E-state index contributed by atoms with van der Waals surface area (Å²) in [4.78, 5) is 35.4. The lowest BCUT2D eigenvalue weighted by Gasteiger charge is -2.21. The van der Waals surface area contributed by atoms with Gasteiger partial charge in [-0.15, -0.1) is 11.3 Å². The Labute approximate surface area is 190 Å². The standard InChI is InChI=1S/C25H23N3O3S/c1-14-9-15(2)11-19(10-14)23-27-21(24(30)31-23)12-20-13-32-25(26-20)28(18(5)29)22-8-6-7-16(3)17(22)4/h6-13H,1-5H3. The maximum absolute atomic E-state index is 12.5. The van der Waals surface area contributed by atoms with Crippen molar-refractivity contribution >= 4 is 46.0 Å². The minimum atomic E-state index is -0.522. The molecular weight excluding hydrogens is 422 g/mol. The van der Waals surface area contributed by atoms with E-state index in [4.69, 9.17) is 4.74 Å². The Morgan fingerprint density at radius 1 is 1.09 bits per heavy atom. The molecule has 1 amide bonds. The number of aryl methyl sites for hydroxylation is 3. The first-order valence-electron chi connectivity index (χ1n) is 10.2. The summed E-state index contributed by atoms with van der Waals surface area (Å²) < 4.78 is 5.39. The number of aliphatic imine (C=N–C) groups is 1. The van der Waals surface area contributed by atoms with E-state index in [9.17, 15) is 9.59 Å². The number of hydrogen-bond acceptors (Lipinski definition) is 6. The van der Waals surface area contributed by atoms with Crippen LogP contribution in [-0.2, 0) is 14.3 Å². The number of hydrogen-bond donors (Lipinski definition) is 0. The van der Waals surface area contributed by atoms with Gasteiger partial charge in [0.1, 0.15) is 0 Å². The summed E-state index contributed by atoms with van der Waals surface area (Å²) in [6, 6.07) is 11.7. The second-order valence-electron chi connectivity index (χ2n) is 7.84. The zero-order chi connectivity index (χ0) is 23.0. The van der Waals surface area contributed by atoms with Gasteiger partial charge in [0.15, 0.2) is 10.8 Å². The highest BCUT2D eigenvalue weighted by molar-refractivity contribution is 7.14. The molecule has 2 aromatic carbocycles. The zero-order valence-electron chi connectivity index (χ0n) is 18.6. The molecule has 0 spiro atoms. The number of anilines is 2. The molecule has 7 heteroatoms. The van der Waals surface area contributed by atoms with Crippen molar-refractivity contribution < 1.29 is 14.3 Å². The predicted octanol–water partition coefficient (Wildman–Crippen LogP) is 5.41. The number of nitrogens with zero attached hydrogens (tertiary/aromatic N) is 3. The van der Waals surface area contributed by atoms with Crippen LogP contribution in [0.15, 0.2) is 52.5 Å². The van der Waals surface area contributed by atoms with Gasteiger partial charge in [-0.05, 0) is 63.1 Å². The summed E-state index contributed by atoms with van der Waals surface area (Å²) in [5.41, 5.74) is 6.51. The fourth-order valence-electron chi connectivity index (χ4n) is 3.60. The minimum absolute atomic E-state index is 0.136. The highest BCUT2D eigenvalue weighted by atomic mass is 32.1. The second-order valence-corrected chi connectivity index (χ2v) is 8.68. The van der Waals surface area contributed by atoms with Crippen molar-refractivity contribution in [3.05, 3.63) is 81.0 Å². The van der Waals surface area contributed by atoms with Gasteiger partial charge in [-0.25, -0.2) is 14.8 Å². The Bertz CT molecular complexity index is 1280. The molecule has 0 saturated carbocycles. The van der Waals surface area contributed by atoms with Crippen molar-refractivity contribution in [2.45, 2.75) is 34.6 Å². The SMILES string of the molecule is CC(=O)N(c1nc(C=C2N=C(c3cc(C)cc(C)c3)OC2=O)cs1)c1cccc(C)c1C. The molecule has 0 atom stereocenters. The molecule has 1 aromatic heterocycles. The van der Waals surface area contributed by atoms with E-state index < -0.39 is 5.97 Å². The molecule has 3 aromatic rings. The first-order chi connectivity index (χ1) is 15.2. The minimum Gasteiger partial charge on any atom is -0.402 e. The molecule has 0 unspecified atom stereocenters. The molecular formula is C25H23N3O3S. The Morgan fingerprint density at radius 2 is 1.81 bits per heavy atom. The number of esters is 1. The summed E-state index contributed by atoms with van der Waals surface area (Å²) in [5, 5.41) is 2.32. The van der Waals surface area contributed by atoms with Crippen molar-refractivity contribution in [3.63, 3.8) is 0 Å². The highest BCUT2D eigenvalue weighted by Gasteiger charge is 2.25. The molecule has 0 fully saturated rings. The summed E-state index contributed by atoms with van der Waals surface area (Å²) in [5.74, 6) is -0.376. The quantitative estimate of drug-likeness (QED) is 0.398. The highest BCUT2D eigenvalue weighted by Crippen LogP contribution is 2.33. The van der Waals surface area contributed by atoms with Crippen LogP contribution in [0.4, 0.5) is 10.8 Å². The molecule has 0 saturated heterocycles. The first kappa shape index (κ1) is 21.6. The van der Waals surface area contributed by atoms with E-state index in [1.54, 1.807) is 16.4 Å². The molecule has 0 aliphatic carbocycles.